The maximum Gasteiger partial charge on any atom is 0.356 e. The summed E-state index contributed by atoms with van der Waals surface area (Å²) in [6.07, 6.45) is 1.18. The van der Waals surface area contributed by atoms with Crippen molar-refractivity contribution in [2.24, 2.45) is 0 Å². The molecule has 2 aliphatic heterocycles. The van der Waals surface area contributed by atoms with Crippen LogP contribution in [0.4, 0.5) is 0 Å². The van der Waals surface area contributed by atoms with Gasteiger partial charge in [-0.2, -0.15) is 0 Å². The molecule has 0 radical (unpaired) electrons. The molecule has 0 bridgehead atoms. The molecule has 0 unspecified atom stereocenters. The predicted molar refractivity (Wildman–Crippen MR) is 141 cm³/mol. The minimum atomic E-state index is -0.685. The Balaban J connectivity index is 1.36. The number of carbonyl (C=O) groups excluding carboxylic acids is 3. The van der Waals surface area contributed by atoms with Gasteiger partial charge in [0.25, 0.3) is 5.91 Å². The molecule has 1 fully saturated rings. The number of carbonyl (C=O) groups is 3. The van der Waals surface area contributed by atoms with Gasteiger partial charge in [0, 0.05) is 10.6 Å². The van der Waals surface area contributed by atoms with E-state index in [0.717, 1.165) is 16.0 Å². The smallest absolute Gasteiger partial charge is 0.356 e. The number of rotatable bonds is 8. The van der Waals surface area contributed by atoms with Crippen LogP contribution < -0.4 is 5.32 Å². The van der Waals surface area contributed by atoms with Crippen molar-refractivity contribution in [1.29, 1.82) is 0 Å². The zero-order valence-corrected chi connectivity index (χ0v) is 21.0. The monoisotopic (exact) mass is 516 g/mol. The summed E-state index contributed by atoms with van der Waals surface area (Å²) < 4.78 is 6.05. The standard InChI is InChI=1S/C28H24N2O4S2/c1-2-18-17-36-27-23(29-22(31)16-21-14-9-15-35-21)26(32)30(27)24(18)28(33)34-25(19-10-5-3-6-11-19)20-12-7-4-8-13-20/h2-15,23,25,27H,1,16-17H2,(H,29,31)/t23-,27+/m1/s1. The number of allylic oxidation sites excluding steroid dienone is 1. The molecule has 6 nitrogen and oxygen atoms in total. The molecule has 1 N–H and O–H groups in total. The summed E-state index contributed by atoms with van der Waals surface area (Å²) in [6, 6.07) is 22.1. The van der Waals surface area contributed by atoms with Crippen LogP contribution in [0.2, 0.25) is 0 Å². The van der Waals surface area contributed by atoms with E-state index in [-0.39, 0.29) is 29.3 Å². The van der Waals surface area contributed by atoms with Gasteiger partial charge in [-0.1, -0.05) is 79.4 Å². The molecule has 1 aromatic heterocycles. The number of β-lactam (4-membered cyclic amide) rings is 1. The fourth-order valence-corrected chi connectivity index (χ4v) is 6.38. The second kappa shape index (κ2) is 10.6. The van der Waals surface area contributed by atoms with E-state index < -0.39 is 18.1 Å². The second-order valence-corrected chi connectivity index (χ2v) is 10.5. The average molecular weight is 517 g/mol. The third kappa shape index (κ3) is 4.74. The highest BCUT2D eigenvalue weighted by atomic mass is 32.2. The number of thiophene rings is 1. The van der Waals surface area contributed by atoms with E-state index in [9.17, 15) is 14.4 Å². The Kier molecular flexibility index (Phi) is 7.06. The van der Waals surface area contributed by atoms with Crippen LogP contribution in [0.1, 0.15) is 22.1 Å². The summed E-state index contributed by atoms with van der Waals surface area (Å²) in [5, 5.41) is 4.38. The van der Waals surface area contributed by atoms with Gasteiger partial charge in [-0.05, 0) is 28.1 Å². The summed E-state index contributed by atoms with van der Waals surface area (Å²) in [5.41, 5.74) is 2.48. The number of amides is 2. The van der Waals surface area contributed by atoms with Gasteiger partial charge < -0.3 is 10.1 Å². The highest BCUT2D eigenvalue weighted by Crippen LogP contribution is 2.41. The maximum atomic E-state index is 13.6. The first kappa shape index (κ1) is 24.1. The molecule has 36 heavy (non-hydrogen) atoms. The third-order valence-electron chi connectivity index (χ3n) is 6.10. The summed E-state index contributed by atoms with van der Waals surface area (Å²) in [6.45, 7) is 3.84. The van der Waals surface area contributed by atoms with Crippen molar-refractivity contribution in [2.45, 2.75) is 23.9 Å². The van der Waals surface area contributed by atoms with Gasteiger partial charge in [0.15, 0.2) is 6.10 Å². The van der Waals surface area contributed by atoms with Crippen LogP contribution in [0, 0.1) is 0 Å². The summed E-state index contributed by atoms with van der Waals surface area (Å²) in [4.78, 5) is 41.6. The zero-order chi connectivity index (χ0) is 25.1. The minimum absolute atomic E-state index is 0.194. The lowest BCUT2D eigenvalue weighted by atomic mass is 10.0. The normalized spacial score (nSPS) is 18.9. The Morgan fingerprint density at radius 1 is 1.06 bits per heavy atom. The maximum absolute atomic E-state index is 13.6. The lowest BCUT2D eigenvalue weighted by Gasteiger charge is -2.49. The molecule has 1 saturated heterocycles. The number of thioether (sulfide) groups is 1. The van der Waals surface area contributed by atoms with Crippen molar-refractivity contribution in [3.05, 3.63) is 118 Å². The van der Waals surface area contributed by atoms with Crippen LogP contribution >= 0.6 is 23.1 Å². The first-order chi connectivity index (χ1) is 17.6. The van der Waals surface area contributed by atoms with Gasteiger partial charge >= 0.3 is 5.97 Å². The SMILES string of the molecule is C=CC1=C(C(=O)OC(c2ccccc2)c2ccccc2)N2C(=O)[C@@H](NC(=O)Cc3cccs3)[C@@H]2SC1. The Morgan fingerprint density at radius 2 is 1.72 bits per heavy atom. The van der Waals surface area contributed by atoms with Crippen LogP contribution in [0.3, 0.4) is 0 Å². The number of ether oxygens (including phenoxy) is 1. The molecule has 0 saturated carbocycles. The summed E-state index contributed by atoms with van der Waals surface area (Å²) in [5.74, 6) is -0.647. The van der Waals surface area contributed by atoms with Gasteiger partial charge in [0.2, 0.25) is 5.91 Å². The molecule has 8 heteroatoms. The second-order valence-electron chi connectivity index (χ2n) is 8.40. The van der Waals surface area contributed by atoms with Crippen LogP contribution in [0.25, 0.3) is 0 Å². The Hall–Kier alpha value is -3.62. The molecule has 3 aromatic rings. The van der Waals surface area contributed by atoms with E-state index in [1.54, 1.807) is 6.08 Å². The molecule has 3 heterocycles. The molecular weight excluding hydrogens is 492 g/mol. The average Bonchev–Trinajstić information content (AvgIpc) is 3.43. The van der Waals surface area contributed by atoms with Gasteiger partial charge in [0.1, 0.15) is 17.1 Å². The van der Waals surface area contributed by atoms with Crippen molar-refractivity contribution < 1.29 is 19.1 Å². The summed E-state index contributed by atoms with van der Waals surface area (Å²) >= 11 is 2.99. The van der Waals surface area contributed by atoms with E-state index in [1.165, 1.54) is 28.0 Å². The minimum Gasteiger partial charge on any atom is -0.448 e. The highest BCUT2D eigenvalue weighted by molar-refractivity contribution is 8.00. The van der Waals surface area contributed by atoms with Gasteiger partial charge in [-0.3, -0.25) is 14.5 Å². The molecule has 5 rings (SSSR count). The quantitative estimate of drug-likeness (QED) is 0.353. The number of nitrogens with one attached hydrogen (secondary N) is 1. The van der Waals surface area contributed by atoms with E-state index in [1.807, 2.05) is 78.2 Å². The molecule has 0 spiro atoms. The van der Waals surface area contributed by atoms with Crippen LogP contribution in [0.15, 0.2) is 102 Å². The van der Waals surface area contributed by atoms with Gasteiger partial charge in [-0.25, -0.2) is 4.79 Å². The van der Waals surface area contributed by atoms with Gasteiger partial charge in [-0.15, -0.1) is 23.1 Å². The molecule has 182 valence electrons. The summed E-state index contributed by atoms with van der Waals surface area (Å²) in [7, 11) is 0. The fraction of sp³-hybridized carbons (Fsp3) is 0.179. The number of esters is 1. The molecule has 2 aliphatic rings. The third-order valence-corrected chi connectivity index (χ3v) is 8.28. The van der Waals surface area contributed by atoms with Crippen molar-refractivity contribution >= 4 is 40.9 Å². The van der Waals surface area contributed by atoms with Crippen LogP contribution in [-0.2, 0) is 25.5 Å². The Morgan fingerprint density at radius 3 is 2.31 bits per heavy atom. The van der Waals surface area contributed by atoms with Crippen LogP contribution in [0.5, 0.6) is 0 Å². The Labute approximate surface area is 217 Å². The number of nitrogens with zero attached hydrogens (tertiary/aromatic N) is 1. The van der Waals surface area contributed by atoms with Crippen molar-refractivity contribution in [1.82, 2.24) is 10.2 Å². The number of fused-ring (bicyclic) bond motifs is 1. The molecular formula is C28H24N2O4S2. The van der Waals surface area contributed by atoms with E-state index in [2.05, 4.69) is 11.9 Å². The van der Waals surface area contributed by atoms with E-state index in [0.29, 0.717) is 11.3 Å². The zero-order valence-electron chi connectivity index (χ0n) is 19.3. The van der Waals surface area contributed by atoms with E-state index >= 15 is 0 Å². The predicted octanol–water partition coefficient (Wildman–Crippen LogP) is 4.46. The highest BCUT2D eigenvalue weighted by Gasteiger charge is 2.54. The molecule has 2 amide bonds. The lowest BCUT2D eigenvalue weighted by Crippen LogP contribution is -2.70. The Bertz CT molecular complexity index is 1270. The fourth-order valence-electron chi connectivity index (χ4n) is 4.33. The number of benzene rings is 2. The van der Waals surface area contributed by atoms with Crippen LogP contribution in [-0.4, -0.2) is 39.9 Å². The number of hydrogen-bond donors (Lipinski definition) is 1. The molecule has 0 aliphatic carbocycles. The first-order valence-electron chi connectivity index (χ1n) is 11.5. The van der Waals surface area contributed by atoms with E-state index in [4.69, 9.17) is 4.74 Å². The van der Waals surface area contributed by atoms with Crippen molar-refractivity contribution in [2.75, 3.05) is 5.75 Å². The number of hydrogen-bond acceptors (Lipinski definition) is 6. The first-order valence-corrected chi connectivity index (χ1v) is 13.4. The topological polar surface area (TPSA) is 75.7 Å². The van der Waals surface area contributed by atoms with Crippen molar-refractivity contribution in [3.63, 3.8) is 0 Å². The molecule has 2 aromatic carbocycles. The largest absolute Gasteiger partial charge is 0.448 e. The lowest BCUT2D eigenvalue weighted by molar-refractivity contribution is -0.154. The molecule has 2 atom stereocenters. The van der Waals surface area contributed by atoms with Crippen molar-refractivity contribution in [3.8, 4) is 0 Å². The van der Waals surface area contributed by atoms with Gasteiger partial charge in [0.05, 0.1) is 6.42 Å².